The molecular weight excluding hydrogens is 160 g/mol. The lowest BCUT2D eigenvalue weighted by Gasteiger charge is -2.12. The first-order valence-corrected chi connectivity index (χ1v) is 4.85. The number of rotatable bonds is 2. The van der Waals surface area contributed by atoms with Gasteiger partial charge in [0.25, 0.3) is 0 Å². The Morgan fingerprint density at radius 3 is 3.08 bits per heavy atom. The van der Waals surface area contributed by atoms with E-state index in [1.165, 1.54) is 23.2 Å². The largest absolute Gasteiger partial charge is 0.374 e. The zero-order valence-corrected chi connectivity index (χ0v) is 8.09. The number of nitrogens with zero attached hydrogens (tertiary/aromatic N) is 1. The quantitative estimate of drug-likeness (QED) is 0.733. The van der Waals surface area contributed by atoms with Crippen LogP contribution in [-0.4, -0.2) is 20.1 Å². The van der Waals surface area contributed by atoms with Crippen LogP contribution in [0.3, 0.4) is 0 Å². The van der Waals surface area contributed by atoms with E-state index in [4.69, 9.17) is 5.73 Å². The Labute approximate surface area is 79.4 Å². The van der Waals surface area contributed by atoms with E-state index in [9.17, 15) is 0 Å². The molecule has 1 heterocycles. The van der Waals surface area contributed by atoms with Crippen LogP contribution in [0.25, 0.3) is 0 Å². The van der Waals surface area contributed by atoms with Crippen molar-refractivity contribution in [3.05, 3.63) is 29.3 Å². The molecule has 0 atom stereocenters. The van der Waals surface area contributed by atoms with Crippen LogP contribution in [0.15, 0.2) is 18.2 Å². The number of nitrogens with two attached hydrogens (primary N) is 1. The third kappa shape index (κ3) is 1.42. The fourth-order valence-electron chi connectivity index (χ4n) is 2.06. The molecule has 2 heteroatoms. The maximum absolute atomic E-state index is 5.58. The molecule has 1 aromatic rings. The molecule has 2 N–H and O–H groups in total. The molecule has 2 rings (SSSR count). The van der Waals surface area contributed by atoms with E-state index in [0.717, 1.165) is 19.5 Å². The molecule has 0 saturated carbocycles. The van der Waals surface area contributed by atoms with E-state index in [1.807, 2.05) is 0 Å². The summed E-state index contributed by atoms with van der Waals surface area (Å²) in [6.07, 6.45) is 2.19. The van der Waals surface area contributed by atoms with Crippen LogP contribution in [0.1, 0.15) is 11.1 Å². The van der Waals surface area contributed by atoms with Crippen molar-refractivity contribution in [2.75, 3.05) is 25.0 Å². The Hall–Kier alpha value is -1.02. The van der Waals surface area contributed by atoms with Crippen molar-refractivity contribution in [1.82, 2.24) is 0 Å². The predicted octanol–water partition coefficient (Wildman–Crippen LogP) is 1.18. The molecule has 70 valence electrons. The molecule has 0 radical (unpaired) electrons. The zero-order valence-electron chi connectivity index (χ0n) is 8.09. The highest BCUT2D eigenvalue weighted by Gasteiger charge is 2.17. The molecule has 2 nitrogen and oxygen atoms in total. The topological polar surface area (TPSA) is 29.3 Å². The molecule has 0 saturated heterocycles. The molecular formula is C11H16N2. The molecule has 1 aromatic carbocycles. The third-order valence-corrected chi connectivity index (χ3v) is 2.77. The van der Waals surface area contributed by atoms with Crippen molar-refractivity contribution in [1.29, 1.82) is 0 Å². The number of hydrogen-bond acceptors (Lipinski definition) is 2. The van der Waals surface area contributed by atoms with Crippen LogP contribution in [0.2, 0.25) is 0 Å². The van der Waals surface area contributed by atoms with Crippen molar-refractivity contribution in [2.45, 2.75) is 12.8 Å². The lowest BCUT2D eigenvalue weighted by atomic mass is 10.0. The average Bonchev–Trinajstić information content (AvgIpc) is 2.50. The molecule has 0 amide bonds. The first kappa shape index (κ1) is 8.57. The van der Waals surface area contributed by atoms with Crippen molar-refractivity contribution >= 4 is 5.69 Å². The Morgan fingerprint density at radius 1 is 1.46 bits per heavy atom. The smallest absolute Gasteiger partial charge is 0.0399 e. The summed E-state index contributed by atoms with van der Waals surface area (Å²) in [6, 6.07) is 6.53. The van der Waals surface area contributed by atoms with E-state index in [0.29, 0.717) is 0 Å². The van der Waals surface area contributed by atoms with Crippen LogP contribution in [-0.2, 0) is 12.8 Å². The Bertz CT molecular complexity index is 307. The third-order valence-electron chi connectivity index (χ3n) is 2.77. The van der Waals surface area contributed by atoms with Gasteiger partial charge in [-0.3, -0.25) is 0 Å². The SMILES string of the molecule is CN1CCc2c(CCN)cccc21. The van der Waals surface area contributed by atoms with Crippen molar-refractivity contribution < 1.29 is 0 Å². The average molecular weight is 176 g/mol. The van der Waals surface area contributed by atoms with Gasteiger partial charge < -0.3 is 10.6 Å². The number of anilines is 1. The van der Waals surface area contributed by atoms with Gasteiger partial charge in [0.15, 0.2) is 0 Å². The first-order chi connectivity index (χ1) is 6.33. The summed E-state index contributed by atoms with van der Waals surface area (Å²) in [6.45, 7) is 1.90. The second-order valence-corrected chi connectivity index (χ2v) is 3.63. The predicted molar refractivity (Wildman–Crippen MR) is 56.2 cm³/mol. The number of benzene rings is 1. The van der Waals surface area contributed by atoms with Gasteiger partial charge in [0.2, 0.25) is 0 Å². The molecule has 0 spiro atoms. The van der Waals surface area contributed by atoms with Crippen molar-refractivity contribution in [3.8, 4) is 0 Å². The van der Waals surface area contributed by atoms with Crippen molar-refractivity contribution in [3.63, 3.8) is 0 Å². The lowest BCUT2D eigenvalue weighted by molar-refractivity contribution is 0.927. The standard InChI is InChI=1S/C11H16N2/c1-13-8-6-10-9(5-7-12)3-2-4-11(10)13/h2-4H,5-8,12H2,1H3. The Kier molecular flexibility index (Phi) is 2.23. The second-order valence-electron chi connectivity index (χ2n) is 3.63. The van der Waals surface area contributed by atoms with E-state index >= 15 is 0 Å². The van der Waals surface area contributed by atoms with E-state index in [2.05, 4.69) is 30.1 Å². The minimum absolute atomic E-state index is 0.750. The molecule has 0 bridgehead atoms. The van der Waals surface area contributed by atoms with Gasteiger partial charge in [0.1, 0.15) is 0 Å². The highest BCUT2D eigenvalue weighted by molar-refractivity contribution is 5.60. The first-order valence-electron chi connectivity index (χ1n) is 4.85. The number of likely N-dealkylation sites (N-methyl/N-ethyl adjacent to an activating group) is 1. The van der Waals surface area contributed by atoms with Gasteiger partial charge >= 0.3 is 0 Å². The molecule has 0 fully saturated rings. The van der Waals surface area contributed by atoms with E-state index in [-0.39, 0.29) is 0 Å². The molecule has 0 unspecified atom stereocenters. The van der Waals surface area contributed by atoms with E-state index < -0.39 is 0 Å². The summed E-state index contributed by atoms with van der Waals surface area (Å²) in [5.41, 5.74) is 9.91. The van der Waals surface area contributed by atoms with Crippen LogP contribution >= 0.6 is 0 Å². The fourth-order valence-corrected chi connectivity index (χ4v) is 2.06. The monoisotopic (exact) mass is 176 g/mol. The molecule has 0 aliphatic carbocycles. The maximum Gasteiger partial charge on any atom is 0.0399 e. The van der Waals surface area contributed by atoms with Crippen molar-refractivity contribution in [2.24, 2.45) is 5.73 Å². The van der Waals surface area contributed by atoms with E-state index in [1.54, 1.807) is 0 Å². The number of hydrogen-bond donors (Lipinski definition) is 1. The second kappa shape index (κ2) is 3.38. The van der Waals surface area contributed by atoms with Crippen LogP contribution in [0, 0.1) is 0 Å². The molecule has 0 aromatic heterocycles. The Morgan fingerprint density at radius 2 is 2.31 bits per heavy atom. The summed E-state index contributed by atoms with van der Waals surface area (Å²) >= 11 is 0. The lowest BCUT2D eigenvalue weighted by Crippen LogP contribution is -2.12. The minimum atomic E-state index is 0.750. The molecule has 1 aliphatic heterocycles. The zero-order chi connectivity index (χ0) is 9.26. The summed E-state index contributed by atoms with van der Waals surface area (Å²) in [5, 5.41) is 0. The van der Waals surface area contributed by atoms with Gasteiger partial charge in [-0.25, -0.2) is 0 Å². The molecule has 1 aliphatic rings. The normalized spacial score (nSPS) is 14.8. The van der Waals surface area contributed by atoms with Crippen LogP contribution in [0.4, 0.5) is 5.69 Å². The minimum Gasteiger partial charge on any atom is -0.374 e. The maximum atomic E-state index is 5.58. The summed E-state index contributed by atoms with van der Waals surface area (Å²) in [4.78, 5) is 2.31. The summed E-state index contributed by atoms with van der Waals surface area (Å²) < 4.78 is 0. The highest BCUT2D eigenvalue weighted by atomic mass is 15.1. The van der Waals surface area contributed by atoms with Gasteiger partial charge in [-0.1, -0.05) is 12.1 Å². The van der Waals surface area contributed by atoms with Crippen LogP contribution < -0.4 is 10.6 Å². The molecule has 13 heavy (non-hydrogen) atoms. The van der Waals surface area contributed by atoms with Crippen LogP contribution in [0.5, 0.6) is 0 Å². The van der Waals surface area contributed by atoms with Gasteiger partial charge in [0.05, 0.1) is 0 Å². The van der Waals surface area contributed by atoms with Gasteiger partial charge in [0, 0.05) is 19.3 Å². The summed E-state index contributed by atoms with van der Waals surface area (Å²) in [5.74, 6) is 0. The van der Waals surface area contributed by atoms with Gasteiger partial charge in [-0.15, -0.1) is 0 Å². The van der Waals surface area contributed by atoms with Gasteiger partial charge in [-0.2, -0.15) is 0 Å². The Balaban J connectivity index is 2.38. The number of fused-ring (bicyclic) bond motifs is 1. The van der Waals surface area contributed by atoms with Gasteiger partial charge in [-0.05, 0) is 36.6 Å². The highest BCUT2D eigenvalue weighted by Crippen LogP contribution is 2.29. The fraction of sp³-hybridized carbons (Fsp3) is 0.455. The summed E-state index contributed by atoms with van der Waals surface area (Å²) in [7, 11) is 2.15.